The molecule has 0 aromatic carbocycles. The van der Waals surface area contributed by atoms with E-state index in [1.807, 2.05) is 6.08 Å². The Bertz CT molecular complexity index is 993. The maximum absolute atomic E-state index is 12.5. The molecule has 0 bridgehead atoms. The molecule has 1 amide bonds. The fourth-order valence-corrected chi connectivity index (χ4v) is 8.99. The van der Waals surface area contributed by atoms with E-state index < -0.39 is 24.2 Å². The number of aliphatic hydroxyl groups is 3. The van der Waals surface area contributed by atoms with Gasteiger partial charge in [-0.25, -0.2) is 0 Å². The highest BCUT2D eigenvalue weighted by Gasteiger charge is 2.22. The van der Waals surface area contributed by atoms with Gasteiger partial charge in [-0.1, -0.05) is 301 Å². The quantitative estimate of drug-likeness (QED) is 0.0362. The second-order valence-corrected chi connectivity index (χ2v) is 19.8. The van der Waals surface area contributed by atoms with Crippen molar-refractivity contribution in [2.45, 2.75) is 327 Å². The topological polar surface area (TPSA) is 89.8 Å². The van der Waals surface area contributed by atoms with Crippen LogP contribution in [0, 0.1) is 0 Å². The fourth-order valence-electron chi connectivity index (χ4n) is 8.99. The van der Waals surface area contributed by atoms with Gasteiger partial charge in [0.25, 0.3) is 0 Å². The molecule has 0 fully saturated rings. The van der Waals surface area contributed by atoms with Gasteiger partial charge in [0.1, 0.15) is 6.10 Å². The van der Waals surface area contributed by atoms with Crippen molar-refractivity contribution in [3.63, 3.8) is 0 Å². The molecule has 0 rings (SSSR count). The molecule has 0 aromatic heterocycles. The molecule has 0 aromatic rings. The molecule has 0 aliphatic carbocycles. The van der Waals surface area contributed by atoms with Crippen molar-refractivity contribution in [2.24, 2.45) is 0 Å². The molecule has 3 atom stereocenters. The first-order chi connectivity index (χ1) is 31.6. The average molecular weight is 901 g/mol. The Balaban J connectivity index is 3.57. The zero-order chi connectivity index (χ0) is 46.5. The third-order valence-corrected chi connectivity index (χ3v) is 13.5. The average Bonchev–Trinajstić information content (AvgIpc) is 3.30. The van der Waals surface area contributed by atoms with Gasteiger partial charge in [0.05, 0.1) is 18.8 Å². The van der Waals surface area contributed by atoms with Crippen LogP contribution in [0.25, 0.3) is 0 Å². The van der Waals surface area contributed by atoms with E-state index in [9.17, 15) is 20.1 Å². The normalized spacial score (nSPS) is 13.5. The molecule has 4 N–H and O–H groups in total. The summed E-state index contributed by atoms with van der Waals surface area (Å²) in [6.07, 6.45) is 70.9. The van der Waals surface area contributed by atoms with Crippen LogP contribution in [-0.2, 0) is 4.79 Å². The number of allylic oxidation sites excluding steroid dienone is 5. The van der Waals surface area contributed by atoms with Crippen molar-refractivity contribution in [2.75, 3.05) is 6.61 Å². The monoisotopic (exact) mass is 900 g/mol. The van der Waals surface area contributed by atoms with Crippen molar-refractivity contribution in [1.82, 2.24) is 5.32 Å². The van der Waals surface area contributed by atoms with Gasteiger partial charge in [0.2, 0.25) is 5.91 Å². The maximum Gasteiger partial charge on any atom is 0.249 e. The van der Waals surface area contributed by atoms with Crippen molar-refractivity contribution >= 4 is 5.91 Å². The molecule has 0 saturated carbocycles. The van der Waals surface area contributed by atoms with Crippen LogP contribution in [0.5, 0.6) is 0 Å². The molecule has 0 aliphatic heterocycles. The number of hydrogen-bond donors (Lipinski definition) is 4. The van der Waals surface area contributed by atoms with Gasteiger partial charge in [-0.05, 0) is 44.9 Å². The van der Waals surface area contributed by atoms with E-state index in [4.69, 9.17) is 0 Å². The van der Waals surface area contributed by atoms with E-state index in [0.29, 0.717) is 6.42 Å². The highest BCUT2D eigenvalue weighted by Crippen LogP contribution is 2.18. The van der Waals surface area contributed by atoms with Crippen molar-refractivity contribution in [3.8, 4) is 0 Å². The van der Waals surface area contributed by atoms with Crippen LogP contribution in [0.2, 0.25) is 0 Å². The second-order valence-electron chi connectivity index (χ2n) is 19.8. The predicted molar refractivity (Wildman–Crippen MR) is 282 cm³/mol. The summed E-state index contributed by atoms with van der Waals surface area (Å²) < 4.78 is 0. The second kappa shape index (κ2) is 54.2. The molecule has 0 heterocycles. The summed E-state index contributed by atoms with van der Waals surface area (Å²) >= 11 is 0. The Morgan fingerprint density at radius 2 is 0.641 bits per heavy atom. The van der Waals surface area contributed by atoms with Crippen LogP contribution in [0.3, 0.4) is 0 Å². The summed E-state index contributed by atoms with van der Waals surface area (Å²) in [7, 11) is 0. The van der Waals surface area contributed by atoms with E-state index in [1.54, 1.807) is 6.08 Å². The van der Waals surface area contributed by atoms with Gasteiger partial charge >= 0.3 is 0 Å². The van der Waals surface area contributed by atoms with Crippen LogP contribution in [-0.4, -0.2) is 46.1 Å². The minimum atomic E-state index is -1.11. The molecule has 64 heavy (non-hydrogen) atoms. The number of carbonyl (C=O) groups is 1. The summed E-state index contributed by atoms with van der Waals surface area (Å²) in [5.74, 6) is -0.512. The molecule has 3 unspecified atom stereocenters. The van der Waals surface area contributed by atoms with Crippen LogP contribution in [0.1, 0.15) is 309 Å². The Morgan fingerprint density at radius 1 is 0.375 bits per heavy atom. The molecule has 378 valence electrons. The van der Waals surface area contributed by atoms with Crippen molar-refractivity contribution in [1.29, 1.82) is 0 Å². The maximum atomic E-state index is 12.5. The van der Waals surface area contributed by atoms with Gasteiger partial charge in [-0.3, -0.25) is 4.79 Å². The van der Waals surface area contributed by atoms with Crippen LogP contribution in [0.15, 0.2) is 36.5 Å². The largest absolute Gasteiger partial charge is 0.394 e. The lowest BCUT2D eigenvalue weighted by Gasteiger charge is -2.21. The Kier molecular flexibility index (Phi) is 53.0. The fraction of sp³-hybridized carbons (Fsp3) is 0.881. The van der Waals surface area contributed by atoms with E-state index in [2.05, 4.69) is 43.5 Å². The molecule has 0 saturated heterocycles. The first kappa shape index (κ1) is 62.6. The van der Waals surface area contributed by atoms with E-state index in [1.165, 1.54) is 244 Å². The number of rotatable bonds is 53. The molecular weight excluding hydrogens is 787 g/mol. The summed E-state index contributed by atoms with van der Waals surface area (Å²) in [5, 5.41) is 33.3. The highest BCUT2D eigenvalue weighted by atomic mass is 16.3. The summed E-state index contributed by atoms with van der Waals surface area (Å²) in [6, 6.07) is -0.820. The van der Waals surface area contributed by atoms with Crippen molar-refractivity contribution in [3.05, 3.63) is 36.5 Å². The smallest absolute Gasteiger partial charge is 0.249 e. The van der Waals surface area contributed by atoms with Gasteiger partial charge < -0.3 is 20.6 Å². The molecule has 0 radical (unpaired) electrons. The molecule has 5 heteroatoms. The SMILES string of the molecule is CCCCCCCCCCCC/C=C/CC/C=C/CC/C=C/C(O)C(CO)NC(=O)C(O)CCCCCCCCCCCCCCCCCCCCCCCCCCCCCCCC. The van der Waals surface area contributed by atoms with Gasteiger partial charge in [-0.2, -0.15) is 0 Å². The number of hydrogen-bond acceptors (Lipinski definition) is 4. The summed E-state index contributed by atoms with van der Waals surface area (Å²) in [4.78, 5) is 12.5. The summed E-state index contributed by atoms with van der Waals surface area (Å²) in [5.41, 5.74) is 0. The number of unbranched alkanes of at least 4 members (excludes halogenated alkanes) is 41. The number of carbonyl (C=O) groups excluding carboxylic acids is 1. The van der Waals surface area contributed by atoms with Crippen LogP contribution < -0.4 is 5.32 Å². The van der Waals surface area contributed by atoms with Gasteiger partial charge in [0, 0.05) is 0 Å². The zero-order valence-electron chi connectivity index (χ0n) is 43.2. The van der Waals surface area contributed by atoms with E-state index in [0.717, 1.165) is 44.9 Å². The van der Waals surface area contributed by atoms with Crippen LogP contribution in [0.4, 0.5) is 0 Å². The Labute approximate surface area is 400 Å². The third kappa shape index (κ3) is 48.5. The standard InChI is InChI=1S/C59H113NO4/c1-3-5-7-9-11-13-15-17-19-21-23-25-26-27-28-29-30-31-32-33-34-36-38-40-42-44-46-48-50-52-54-58(63)59(64)60-56(55-61)57(62)53-51-49-47-45-43-41-39-37-35-24-22-20-18-16-14-12-10-8-6-4-2/h35,37,43,45,51,53,56-58,61-63H,3-34,36,38-42,44,46-50,52,54-55H2,1-2H3,(H,60,64)/b37-35+,45-43+,53-51+. The van der Waals surface area contributed by atoms with Crippen LogP contribution >= 0.6 is 0 Å². The minimum Gasteiger partial charge on any atom is -0.394 e. The zero-order valence-corrected chi connectivity index (χ0v) is 43.2. The number of aliphatic hydroxyl groups excluding tert-OH is 3. The first-order valence-corrected chi connectivity index (χ1v) is 28.8. The lowest BCUT2D eigenvalue weighted by molar-refractivity contribution is -0.131. The molecule has 0 spiro atoms. The number of nitrogens with one attached hydrogen (secondary N) is 1. The lowest BCUT2D eigenvalue weighted by Crippen LogP contribution is -2.48. The van der Waals surface area contributed by atoms with Gasteiger partial charge in [0.15, 0.2) is 0 Å². The Hall–Kier alpha value is -1.43. The predicted octanol–water partition coefficient (Wildman–Crippen LogP) is 17.8. The minimum absolute atomic E-state index is 0.379. The van der Waals surface area contributed by atoms with E-state index >= 15 is 0 Å². The summed E-state index contributed by atoms with van der Waals surface area (Å²) in [6.45, 7) is 4.20. The number of amides is 1. The first-order valence-electron chi connectivity index (χ1n) is 28.8. The van der Waals surface area contributed by atoms with Gasteiger partial charge in [-0.15, -0.1) is 0 Å². The molecule has 0 aliphatic rings. The highest BCUT2D eigenvalue weighted by molar-refractivity contribution is 5.80. The molecular formula is C59H113NO4. The van der Waals surface area contributed by atoms with Crippen molar-refractivity contribution < 1.29 is 20.1 Å². The van der Waals surface area contributed by atoms with E-state index in [-0.39, 0.29) is 6.61 Å². The lowest BCUT2D eigenvalue weighted by atomic mass is 10.0. The Morgan fingerprint density at radius 3 is 0.953 bits per heavy atom. The third-order valence-electron chi connectivity index (χ3n) is 13.5. The molecule has 5 nitrogen and oxygen atoms in total.